The van der Waals surface area contributed by atoms with Gasteiger partial charge in [0.25, 0.3) is 0 Å². The molecule has 2 aromatic rings. The second-order valence-corrected chi connectivity index (χ2v) is 6.54. The predicted octanol–water partition coefficient (Wildman–Crippen LogP) is 4.50. The SMILES string of the molecule is CCCNC(C)c1nnc(Cc2ccc(Cl)c(Cl)c2)s1. The number of rotatable bonds is 6. The highest BCUT2D eigenvalue weighted by atomic mass is 35.5. The lowest BCUT2D eigenvalue weighted by molar-refractivity contribution is 0.564. The van der Waals surface area contributed by atoms with E-state index in [0.29, 0.717) is 10.0 Å². The zero-order valence-electron chi connectivity index (χ0n) is 11.5. The van der Waals surface area contributed by atoms with Crippen molar-refractivity contribution in [2.75, 3.05) is 6.54 Å². The quantitative estimate of drug-likeness (QED) is 0.848. The Balaban J connectivity index is 2.03. The highest BCUT2D eigenvalue weighted by molar-refractivity contribution is 7.11. The Kier molecular flexibility index (Phi) is 5.78. The first kappa shape index (κ1) is 15.7. The maximum atomic E-state index is 6.02. The predicted molar refractivity (Wildman–Crippen MR) is 85.9 cm³/mol. The first-order valence-corrected chi connectivity index (χ1v) is 8.17. The summed E-state index contributed by atoms with van der Waals surface area (Å²) in [6.45, 7) is 5.25. The molecule has 1 aromatic carbocycles. The van der Waals surface area contributed by atoms with Gasteiger partial charge < -0.3 is 5.32 Å². The highest BCUT2D eigenvalue weighted by Crippen LogP contribution is 2.25. The molecule has 0 aliphatic rings. The molecule has 0 fully saturated rings. The van der Waals surface area contributed by atoms with E-state index in [1.54, 1.807) is 11.3 Å². The highest BCUT2D eigenvalue weighted by Gasteiger charge is 2.11. The Morgan fingerprint density at radius 2 is 2.05 bits per heavy atom. The van der Waals surface area contributed by atoms with Crippen molar-refractivity contribution in [3.8, 4) is 0 Å². The van der Waals surface area contributed by atoms with E-state index in [-0.39, 0.29) is 6.04 Å². The lowest BCUT2D eigenvalue weighted by Gasteiger charge is -2.08. The summed E-state index contributed by atoms with van der Waals surface area (Å²) in [5.74, 6) is 0. The molecule has 0 amide bonds. The van der Waals surface area contributed by atoms with Crippen LogP contribution in [0.2, 0.25) is 10.0 Å². The molecule has 0 aliphatic heterocycles. The second kappa shape index (κ2) is 7.36. The molecule has 1 N–H and O–H groups in total. The number of hydrogen-bond donors (Lipinski definition) is 1. The van der Waals surface area contributed by atoms with Gasteiger partial charge in [-0.15, -0.1) is 10.2 Å². The molecule has 0 aliphatic carbocycles. The second-order valence-electron chi connectivity index (χ2n) is 4.64. The standard InChI is InChI=1S/C14H17Cl2N3S/c1-3-6-17-9(2)14-19-18-13(20-14)8-10-4-5-11(15)12(16)7-10/h4-5,7,9,17H,3,6,8H2,1-2H3. The summed E-state index contributed by atoms with van der Waals surface area (Å²) >= 11 is 13.6. The molecule has 1 heterocycles. The molecule has 20 heavy (non-hydrogen) atoms. The van der Waals surface area contributed by atoms with Crippen LogP contribution in [0.15, 0.2) is 18.2 Å². The van der Waals surface area contributed by atoms with Crippen molar-refractivity contribution < 1.29 is 0 Å². The third-order valence-electron chi connectivity index (χ3n) is 2.89. The average molecular weight is 330 g/mol. The Morgan fingerprint density at radius 3 is 2.75 bits per heavy atom. The summed E-state index contributed by atoms with van der Waals surface area (Å²) in [5, 5.41) is 15.1. The molecule has 0 saturated carbocycles. The number of halogens is 2. The normalized spacial score (nSPS) is 12.6. The van der Waals surface area contributed by atoms with Gasteiger partial charge in [0.05, 0.1) is 16.1 Å². The van der Waals surface area contributed by atoms with Gasteiger partial charge in [0.15, 0.2) is 0 Å². The summed E-state index contributed by atoms with van der Waals surface area (Å²) in [6, 6.07) is 5.90. The fraction of sp³-hybridized carbons (Fsp3) is 0.429. The van der Waals surface area contributed by atoms with E-state index >= 15 is 0 Å². The van der Waals surface area contributed by atoms with Gasteiger partial charge in [-0.2, -0.15) is 0 Å². The topological polar surface area (TPSA) is 37.8 Å². The number of hydrogen-bond acceptors (Lipinski definition) is 4. The minimum atomic E-state index is 0.245. The fourth-order valence-corrected chi connectivity index (χ4v) is 3.01. The third kappa shape index (κ3) is 4.16. The van der Waals surface area contributed by atoms with E-state index in [1.165, 1.54) is 0 Å². The van der Waals surface area contributed by atoms with Gasteiger partial charge in [-0.05, 0) is 37.6 Å². The van der Waals surface area contributed by atoms with Crippen molar-refractivity contribution in [2.24, 2.45) is 0 Å². The van der Waals surface area contributed by atoms with Crippen LogP contribution in [0, 0.1) is 0 Å². The van der Waals surface area contributed by atoms with Gasteiger partial charge in [0.1, 0.15) is 10.0 Å². The van der Waals surface area contributed by atoms with Crippen LogP contribution in [0.25, 0.3) is 0 Å². The van der Waals surface area contributed by atoms with Crippen LogP contribution in [0.5, 0.6) is 0 Å². The van der Waals surface area contributed by atoms with Crippen molar-refractivity contribution in [1.82, 2.24) is 15.5 Å². The molecule has 108 valence electrons. The van der Waals surface area contributed by atoms with Crippen LogP contribution in [0.3, 0.4) is 0 Å². The van der Waals surface area contributed by atoms with Gasteiger partial charge in [-0.25, -0.2) is 0 Å². The largest absolute Gasteiger partial charge is 0.308 e. The van der Waals surface area contributed by atoms with Gasteiger partial charge in [-0.1, -0.05) is 47.5 Å². The average Bonchev–Trinajstić information content (AvgIpc) is 2.89. The molecule has 1 atom stereocenters. The van der Waals surface area contributed by atoms with E-state index in [2.05, 4.69) is 29.4 Å². The smallest absolute Gasteiger partial charge is 0.134 e. The molecule has 0 radical (unpaired) electrons. The Hall–Kier alpha value is -0.680. The zero-order valence-corrected chi connectivity index (χ0v) is 13.8. The van der Waals surface area contributed by atoms with Crippen LogP contribution in [-0.4, -0.2) is 16.7 Å². The monoisotopic (exact) mass is 329 g/mol. The maximum Gasteiger partial charge on any atom is 0.134 e. The Labute approximate surface area is 133 Å². The zero-order chi connectivity index (χ0) is 14.5. The number of nitrogens with one attached hydrogen (secondary N) is 1. The summed E-state index contributed by atoms with van der Waals surface area (Å²) in [7, 11) is 0. The molecule has 1 unspecified atom stereocenters. The van der Waals surface area contributed by atoms with Crippen molar-refractivity contribution in [3.05, 3.63) is 43.8 Å². The molecular weight excluding hydrogens is 313 g/mol. The summed E-state index contributed by atoms with van der Waals surface area (Å²) in [4.78, 5) is 0. The van der Waals surface area contributed by atoms with Crippen LogP contribution >= 0.6 is 34.5 Å². The van der Waals surface area contributed by atoms with E-state index in [1.807, 2.05) is 18.2 Å². The third-order valence-corrected chi connectivity index (χ3v) is 4.74. The maximum absolute atomic E-state index is 6.02. The van der Waals surface area contributed by atoms with Crippen molar-refractivity contribution in [2.45, 2.75) is 32.7 Å². The van der Waals surface area contributed by atoms with E-state index in [9.17, 15) is 0 Å². The minimum Gasteiger partial charge on any atom is -0.308 e. The lowest BCUT2D eigenvalue weighted by atomic mass is 10.2. The van der Waals surface area contributed by atoms with Gasteiger partial charge >= 0.3 is 0 Å². The molecule has 3 nitrogen and oxygen atoms in total. The first-order chi connectivity index (χ1) is 9.60. The summed E-state index contributed by atoms with van der Waals surface area (Å²) in [6.07, 6.45) is 1.84. The Bertz CT molecular complexity index is 571. The van der Waals surface area contributed by atoms with Crippen LogP contribution in [-0.2, 0) is 6.42 Å². The van der Waals surface area contributed by atoms with Crippen molar-refractivity contribution in [3.63, 3.8) is 0 Å². The molecule has 1 aromatic heterocycles. The fourth-order valence-electron chi connectivity index (χ4n) is 1.79. The van der Waals surface area contributed by atoms with E-state index in [0.717, 1.165) is 35.0 Å². The van der Waals surface area contributed by atoms with E-state index < -0.39 is 0 Å². The number of aromatic nitrogens is 2. The first-order valence-electron chi connectivity index (χ1n) is 6.59. The van der Waals surface area contributed by atoms with E-state index in [4.69, 9.17) is 23.2 Å². The van der Waals surface area contributed by atoms with Crippen molar-refractivity contribution in [1.29, 1.82) is 0 Å². The Morgan fingerprint density at radius 1 is 1.25 bits per heavy atom. The van der Waals surface area contributed by atoms with Gasteiger partial charge in [-0.3, -0.25) is 0 Å². The van der Waals surface area contributed by atoms with Crippen LogP contribution in [0.4, 0.5) is 0 Å². The van der Waals surface area contributed by atoms with Gasteiger partial charge in [0.2, 0.25) is 0 Å². The lowest BCUT2D eigenvalue weighted by Crippen LogP contribution is -2.18. The summed E-state index contributed by atoms with van der Waals surface area (Å²) < 4.78 is 0. The molecule has 0 saturated heterocycles. The number of nitrogens with zero attached hydrogens (tertiary/aromatic N) is 2. The van der Waals surface area contributed by atoms with Gasteiger partial charge in [0, 0.05) is 6.42 Å². The summed E-state index contributed by atoms with van der Waals surface area (Å²) in [5.41, 5.74) is 1.09. The molecule has 0 spiro atoms. The van der Waals surface area contributed by atoms with Crippen LogP contribution < -0.4 is 5.32 Å². The molecule has 6 heteroatoms. The molecule has 2 rings (SSSR count). The minimum absolute atomic E-state index is 0.245. The number of benzene rings is 1. The van der Waals surface area contributed by atoms with Crippen molar-refractivity contribution >= 4 is 34.5 Å². The molecule has 0 bridgehead atoms. The van der Waals surface area contributed by atoms with Crippen LogP contribution in [0.1, 0.15) is 41.9 Å². The molecular formula is C14H17Cl2N3S.